The maximum absolute atomic E-state index is 10.9. The average Bonchev–Trinajstić information content (AvgIpc) is 2.77. The zero-order chi connectivity index (χ0) is 14.0. The quantitative estimate of drug-likeness (QED) is 0.673. The number of carboxylic acids is 1. The van der Waals surface area contributed by atoms with Crippen LogP contribution in [-0.2, 0) is 6.54 Å². The number of benzene rings is 1. The Morgan fingerprint density at radius 2 is 2.26 bits per heavy atom. The van der Waals surface area contributed by atoms with Crippen molar-refractivity contribution in [2.75, 3.05) is 0 Å². The molecule has 1 aromatic heterocycles. The van der Waals surface area contributed by atoms with Crippen LogP contribution in [0.15, 0.2) is 24.4 Å². The molecule has 0 aliphatic rings. The predicted octanol–water partition coefficient (Wildman–Crippen LogP) is 1.59. The van der Waals surface area contributed by atoms with Gasteiger partial charge in [0.15, 0.2) is 5.69 Å². The molecule has 0 atom stereocenters. The third-order valence-electron chi connectivity index (χ3n) is 2.33. The SMILES string of the molecule is O=C(O)c1cn(Cc2cc(Cl)ccc2[N+](=O)[O-])nn1. The Bertz CT molecular complexity index is 655. The first-order chi connectivity index (χ1) is 8.97. The highest BCUT2D eigenvalue weighted by Crippen LogP contribution is 2.23. The summed E-state index contributed by atoms with van der Waals surface area (Å²) in [6.45, 7) is 0.0111. The number of nitrogens with zero attached hydrogens (tertiary/aromatic N) is 4. The molecule has 1 heterocycles. The second kappa shape index (κ2) is 5.02. The monoisotopic (exact) mass is 282 g/mol. The van der Waals surface area contributed by atoms with Crippen molar-refractivity contribution >= 4 is 23.3 Å². The van der Waals surface area contributed by atoms with Crippen LogP contribution in [0.3, 0.4) is 0 Å². The van der Waals surface area contributed by atoms with Crippen LogP contribution in [0.1, 0.15) is 16.1 Å². The molecule has 2 aromatic rings. The molecule has 9 heteroatoms. The van der Waals surface area contributed by atoms with Crippen LogP contribution in [0.25, 0.3) is 0 Å². The summed E-state index contributed by atoms with van der Waals surface area (Å²) in [5.41, 5.74) is -0.0270. The van der Waals surface area contributed by atoms with Crippen molar-refractivity contribution in [3.8, 4) is 0 Å². The van der Waals surface area contributed by atoms with Gasteiger partial charge in [0.25, 0.3) is 5.69 Å². The molecule has 0 amide bonds. The highest BCUT2D eigenvalue weighted by atomic mass is 35.5. The number of nitro benzene ring substituents is 1. The van der Waals surface area contributed by atoms with Crippen LogP contribution in [0, 0.1) is 10.1 Å². The minimum atomic E-state index is -1.22. The zero-order valence-electron chi connectivity index (χ0n) is 9.36. The number of aromatic nitrogens is 3. The molecule has 2 rings (SSSR count). The molecule has 0 aliphatic carbocycles. The number of aromatic carboxylic acids is 1. The molecule has 98 valence electrons. The number of rotatable bonds is 4. The first-order valence-corrected chi connectivity index (χ1v) is 5.41. The van der Waals surface area contributed by atoms with E-state index in [0.717, 1.165) is 0 Å². The first-order valence-electron chi connectivity index (χ1n) is 5.03. The number of hydrogen-bond donors (Lipinski definition) is 1. The lowest BCUT2D eigenvalue weighted by atomic mass is 10.2. The van der Waals surface area contributed by atoms with E-state index in [9.17, 15) is 14.9 Å². The summed E-state index contributed by atoms with van der Waals surface area (Å²) in [6, 6.07) is 4.13. The molecule has 0 unspecified atom stereocenters. The lowest BCUT2D eigenvalue weighted by molar-refractivity contribution is -0.385. The Hall–Kier alpha value is -2.48. The third-order valence-corrected chi connectivity index (χ3v) is 2.56. The first kappa shape index (κ1) is 13.0. The molecule has 1 aromatic carbocycles. The lowest BCUT2D eigenvalue weighted by Crippen LogP contribution is -2.04. The second-order valence-corrected chi connectivity index (χ2v) is 4.07. The van der Waals surface area contributed by atoms with E-state index in [2.05, 4.69) is 10.3 Å². The van der Waals surface area contributed by atoms with Crippen LogP contribution in [0.5, 0.6) is 0 Å². The van der Waals surface area contributed by atoms with Gasteiger partial charge in [-0.2, -0.15) is 0 Å². The van der Waals surface area contributed by atoms with Gasteiger partial charge in [0.2, 0.25) is 0 Å². The summed E-state index contributed by atoms with van der Waals surface area (Å²) in [6.07, 6.45) is 1.19. The van der Waals surface area contributed by atoms with Gasteiger partial charge in [-0.3, -0.25) is 10.1 Å². The maximum Gasteiger partial charge on any atom is 0.358 e. The van der Waals surface area contributed by atoms with E-state index >= 15 is 0 Å². The van der Waals surface area contributed by atoms with E-state index in [4.69, 9.17) is 16.7 Å². The van der Waals surface area contributed by atoms with Gasteiger partial charge < -0.3 is 5.11 Å². The van der Waals surface area contributed by atoms with Gasteiger partial charge in [0, 0.05) is 11.1 Å². The van der Waals surface area contributed by atoms with Gasteiger partial charge in [-0.25, -0.2) is 9.48 Å². The van der Waals surface area contributed by atoms with Gasteiger partial charge in [-0.05, 0) is 12.1 Å². The molecule has 0 bridgehead atoms. The van der Waals surface area contributed by atoms with Crippen molar-refractivity contribution in [2.24, 2.45) is 0 Å². The smallest absolute Gasteiger partial charge is 0.358 e. The Morgan fingerprint density at radius 1 is 1.53 bits per heavy atom. The fraction of sp³-hybridized carbons (Fsp3) is 0.100. The lowest BCUT2D eigenvalue weighted by Gasteiger charge is -2.03. The third kappa shape index (κ3) is 2.86. The van der Waals surface area contributed by atoms with Gasteiger partial charge in [0.1, 0.15) is 0 Å². The van der Waals surface area contributed by atoms with Crippen LogP contribution in [0.2, 0.25) is 5.02 Å². The van der Waals surface area contributed by atoms with E-state index in [-0.39, 0.29) is 17.9 Å². The topological polar surface area (TPSA) is 111 Å². The van der Waals surface area contributed by atoms with Gasteiger partial charge in [-0.15, -0.1) is 5.10 Å². The standard InChI is InChI=1S/C10H7ClN4O4/c11-7-1-2-9(15(18)19)6(3-7)4-14-5-8(10(16)17)12-13-14/h1-3,5H,4H2,(H,16,17). The van der Waals surface area contributed by atoms with Crippen LogP contribution < -0.4 is 0 Å². The Morgan fingerprint density at radius 3 is 2.84 bits per heavy atom. The van der Waals surface area contributed by atoms with Crippen molar-refractivity contribution in [3.63, 3.8) is 0 Å². The number of hydrogen-bond acceptors (Lipinski definition) is 5. The van der Waals surface area contributed by atoms with E-state index < -0.39 is 10.9 Å². The summed E-state index contributed by atoms with van der Waals surface area (Å²) in [4.78, 5) is 21.0. The maximum atomic E-state index is 10.9. The normalized spacial score (nSPS) is 10.4. The van der Waals surface area contributed by atoms with Gasteiger partial charge in [0.05, 0.1) is 23.2 Å². The number of nitro groups is 1. The summed E-state index contributed by atoms with van der Waals surface area (Å²) < 4.78 is 1.20. The molecule has 19 heavy (non-hydrogen) atoms. The number of halogens is 1. The molecule has 0 saturated heterocycles. The summed E-state index contributed by atoms with van der Waals surface area (Å²) in [5, 5.41) is 26.9. The molecule has 0 fully saturated rings. The summed E-state index contributed by atoms with van der Waals surface area (Å²) >= 11 is 5.78. The molecule has 0 saturated carbocycles. The van der Waals surface area contributed by atoms with Crippen LogP contribution in [-0.4, -0.2) is 31.0 Å². The Balaban J connectivity index is 2.33. The van der Waals surface area contributed by atoms with Crippen molar-refractivity contribution < 1.29 is 14.8 Å². The van der Waals surface area contributed by atoms with Crippen molar-refractivity contribution in [3.05, 3.63) is 50.8 Å². The zero-order valence-corrected chi connectivity index (χ0v) is 10.1. The average molecular weight is 283 g/mol. The van der Waals surface area contributed by atoms with E-state index in [1.54, 1.807) is 0 Å². The Kier molecular flexibility index (Phi) is 3.43. The number of carbonyl (C=O) groups is 1. The molecule has 0 spiro atoms. The minimum Gasteiger partial charge on any atom is -0.476 e. The highest BCUT2D eigenvalue weighted by Gasteiger charge is 2.16. The second-order valence-electron chi connectivity index (χ2n) is 3.64. The van der Waals surface area contributed by atoms with E-state index in [1.165, 1.54) is 29.1 Å². The summed E-state index contributed by atoms with van der Waals surface area (Å²) in [7, 11) is 0. The van der Waals surface area contributed by atoms with E-state index in [0.29, 0.717) is 10.6 Å². The molecule has 8 nitrogen and oxygen atoms in total. The van der Waals surface area contributed by atoms with Crippen LogP contribution >= 0.6 is 11.6 Å². The largest absolute Gasteiger partial charge is 0.476 e. The van der Waals surface area contributed by atoms with Crippen molar-refractivity contribution in [1.82, 2.24) is 15.0 Å². The fourth-order valence-corrected chi connectivity index (χ4v) is 1.70. The van der Waals surface area contributed by atoms with E-state index in [1.807, 2.05) is 0 Å². The molecule has 0 aliphatic heterocycles. The minimum absolute atomic E-state index is 0.0111. The molecule has 1 N–H and O–H groups in total. The number of carboxylic acid groups (broad SMARTS) is 1. The van der Waals surface area contributed by atoms with Crippen molar-refractivity contribution in [1.29, 1.82) is 0 Å². The highest BCUT2D eigenvalue weighted by molar-refractivity contribution is 6.30. The van der Waals surface area contributed by atoms with Gasteiger partial charge >= 0.3 is 5.97 Å². The van der Waals surface area contributed by atoms with Crippen LogP contribution in [0.4, 0.5) is 5.69 Å². The van der Waals surface area contributed by atoms with Gasteiger partial charge in [-0.1, -0.05) is 16.8 Å². The van der Waals surface area contributed by atoms with Crippen molar-refractivity contribution in [2.45, 2.75) is 6.54 Å². The summed E-state index contributed by atoms with van der Waals surface area (Å²) in [5.74, 6) is -1.22. The molecular weight excluding hydrogens is 276 g/mol. The predicted molar refractivity (Wildman–Crippen MR) is 64.2 cm³/mol. The molecular formula is C10H7ClN4O4. The Labute approximate surface area is 111 Å². The fourth-order valence-electron chi connectivity index (χ4n) is 1.51. The molecule has 0 radical (unpaired) electrons.